The highest BCUT2D eigenvalue weighted by Crippen LogP contribution is 2.28. The zero-order valence-electron chi connectivity index (χ0n) is 11.5. The predicted octanol–water partition coefficient (Wildman–Crippen LogP) is 3.06. The number of piperazine rings is 1. The Kier molecular flexibility index (Phi) is 5.18. The van der Waals surface area contributed by atoms with Gasteiger partial charge >= 0.3 is 0 Å². The van der Waals surface area contributed by atoms with E-state index in [9.17, 15) is 9.18 Å². The summed E-state index contributed by atoms with van der Waals surface area (Å²) in [5.74, 6) is -0.845. The first-order chi connectivity index (χ1) is 9.40. The summed E-state index contributed by atoms with van der Waals surface area (Å²) in [4.78, 5) is 16.6. The Morgan fingerprint density at radius 1 is 1.45 bits per heavy atom. The minimum atomic E-state index is -0.641. The third-order valence-electron chi connectivity index (χ3n) is 3.74. The van der Waals surface area contributed by atoms with Gasteiger partial charge in [0.1, 0.15) is 0 Å². The summed E-state index contributed by atoms with van der Waals surface area (Å²) in [7, 11) is 4.03. The molecular formula is C14H17BrClFN2O. The molecule has 2 rings (SSSR count). The molecule has 0 amide bonds. The number of Topliss-reactive ketones (excluding diaryl/α,β-unsaturated/α-hetero) is 1. The van der Waals surface area contributed by atoms with E-state index < -0.39 is 5.82 Å². The zero-order chi connectivity index (χ0) is 14.9. The van der Waals surface area contributed by atoms with Gasteiger partial charge in [0, 0.05) is 36.6 Å². The highest BCUT2D eigenvalue weighted by atomic mass is 79.9. The van der Waals surface area contributed by atoms with E-state index >= 15 is 0 Å². The number of hydrogen-bond acceptors (Lipinski definition) is 3. The van der Waals surface area contributed by atoms with E-state index in [0.717, 1.165) is 19.6 Å². The molecule has 1 aliphatic heterocycles. The minimum Gasteiger partial charge on any atom is -0.304 e. The van der Waals surface area contributed by atoms with Gasteiger partial charge in [-0.1, -0.05) is 11.6 Å². The molecule has 0 aromatic heterocycles. The summed E-state index contributed by atoms with van der Waals surface area (Å²) in [5, 5.41) is -0.0371. The molecule has 1 fully saturated rings. The molecule has 1 unspecified atom stereocenters. The molecule has 1 aromatic rings. The molecule has 3 nitrogen and oxygen atoms in total. The molecule has 110 valence electrons. The van der Waals surface area contributed by atoms with Crippen LogP contribution in [0.4, 0.5) is 4.39 Å². The Morgan fingerprint density at radius 3 is 2.85 bits per heavy atom. The van der Waals surface area contributed by atoms with Gasteiger partial charge in [-0.2, -0.15) is 0 Å². The Morgan fingerprint density at radius 2 is 2.15 bits per heavy atom. The first-order valence-electron chi connectivity index (χ1n) is 6.45. The lowest BCUT2D eigenvalue weighted by molar-refractivity contribution is 0.0807. The molecule has 6 heteroatoms. The van der Waals surface area contributed by atoms with Gasteiger partial charge in [0.15, 0.2) is 11.6 Å². The van der Waals surface area contributed by atoms with Crippen molar-refractivity contribution in [3.63, 3.8) is 0 Å². The van der Waals surface area contributed by atoms with Gasteiger partial charge in [0.25, 0.3) is 0 Å². The molecule has 0 saturated carbocycles. The van der Waals surface area contributed by atoms with E-state index in [2.05, 4.69) is 25.7 Å². The number of benzene rings is 1. The zero-order valence-corrected chi connectivity index (χ0v) is 13.8. The van der Waals surface area contributed by atoms with Crippen LogP contribution in [0.3, 0.4) is 0 Å². The number of halogens is 3. The molecule has 20 heavy (non-hydrogen) atoms. The second-order valence-electron chi connectivity index (χ2n) is 5.25. The summed E-state index contributed by atoms with van der Waals surface area (Å²) >= 11 is 8.98. The third kappa shape index (κ3) is 3.39. The number of nitrogens with zero attached hydrogens (tertiary/aromatic N) is 2. The summed E-state index contributed by atoms with van der Waals surface area (Å²) in [5.41, 5.74) is 0.0693. The van der Waals surface area contributed by atoms with Crippen LogP contribution < -0.4 is 0 Å². The smallest absolute Gasteiger partial charge is 0.167 e. The molecule has 1 aromatic carbocycles. The predicted molar refractivity (Wildman–Crippen MR) is 82.0 cm³/mol. The van der Waals surface area contributed by atoms with Crippen molar-refractivity contribution in [2.24, 2.45) is 0 Å². The molecule has 1 saturated heterocycles. The first kappa shape index (κ1) is 15.9. The summed E-state index contributed by atoms with van der Waals surface area (Å²) in [6.45, 7) is 2.71. The molecular weight excluding hydrogens is 347 g/mol. The van der Waals surface area contributed by atoms with Crippen LogP contribution >= 0.6 is 27.5 Å². The fourth-order valence-corrected chi connectivity index (χ4v) is 2.86. The quantitative estimate of drug-likeness (QED) is 0.609. The normalized spacial score (nSPS) is 21.1. The van der Waals surface area contributed by atoms with Crippen LogP contribution in [0.1, 0.15) is 16.8 Å². The second-order valence-corrected chi connectivity index (χ2v) is 6.48. The van der Waals surface area contributed by atoms with Gasteiger partial charge in [-0.3, -0.25) is 4.79 Å². The fourth-order valence-electron chi connectivity index (χ4n) is 2.39. The number of rotatable bonds is 3. The van der Waals surface area contributed by atoms with Crippen LogP contribution in [-0.2, 0) is 0 Å². The lowest BCUT2D eigenvalue weighted by Crippen LogP contribution is -2.50. The van der Waals surface area contributed by atoms with Crippen molar-refractivity contribution in [1.29, 1.82) is 0 Å². The number of hydrogen-bond donors (Lipinski definition) is 0. The number of ketones is 1. The van der Waals surface area contributed by atoms with E-state index in [-0.39, 0.29) is 22.4 Å². The van der Waals surface area contributed by atoms with Crippen molar-refractivity contribution in [3.05, 3.63) is 33.0 Å². The molecule has 1 atom stereocenters. The van der Waals surface area contributed by atoms with E-state index in [0.29, 0.717) is 10.9 Å². The summed E-state index contributed by atoms with van der Waals surface area (Å²) < 4.78 is 14.5. The molecule has 1 aliphatic rings. The maximum Gasteiger partial charge on any atom is 0.167 e. The van der Waals surface area contributed by atoms with Gasteiger partial charge in [-0.15, -0.1) is 0 Å². The van der Waals surface area contributed by atoms with Crippen LogP contribution in [0.2, 0.25) is 5.02 Å². The molecule has 0 spiro atoms. The fraction of sp³-hybridized carbons (Fsp3) is 0.500. The number of likely N-dealkylation sites (N-methyl/N-ethyl adjacent to an activating group) is 2. The van der Waals surface area contributed by atoms with Crippen molar-refractivity contribution < 1.29 is 9.18 Å². The van der Waals surface area contributed by atoms with Gasteiger partial charge in [0.2, 0.25) is 0 Å². The third-order valence-corrected chi connectivity index (χ3v) is 5.00. The molecule has 0 N–H and O–H groups in total. The Labute approximate surface area is 131 Å². The van der Waals surface area contributed by atoms with Crippen LogP contribution in [-0.4, -0.2) is 55.4 Å². The second kappa shape index (κ2) is 6.52. The lowest BCUT2D eigenvalue weighted by atomic mass is 10.0. The molecule has 0 bridgehead atoms. The van der Waals surface area contributed by atoms with Crippen molar-refractivity contribution >= 4 is 33.3 Å². The summed E-state index contributed by atoms with van der Waals surface area (Å²) in [6.07, 6.45) is 0.301. The van der Waals surface area contributed by atoms with E-state index in [1.807, 2.05) is 14.1 Å². The van der Waals surface area contributed by atoms with Crippen molar-refractivity contribution in [3.8, 4) is 0 Å². The van der Waals surface area contributed by atoms with Crippen molar-refractivity contribution in [2.45, 2.75) is 12.5 Å². The monoisotopic (exact) mass is 362 g/mol. The first-order valence-corrected chi connectivity index (χ1v) is 7.62. The largest absolute Gasteiger partial charge is 0.304 e. The van der Waals surface area contributed by atoms with Gasteiger partial charge in [0.05, 0.1) is 10.6 Å². The minimum absolute atomic E-state index is 0.0371. The SMILES string of the molecule is CN1CCN(C)C(CC(=O)c2ccc(Br)c(Cl)c2F)C1. The highest BCUT2D eigenvalue weighted by Gasteiger charge is 2.26. The Balaban J connectivity index is 2.14. The molecule has 0 aliphatic carbocycles. The van der Waals surface area contributed by atoms with Gasteiger partial charge in [-0.05, 0) is 42.2 Å². The Hall–Kier alpha value is -0.490. The molecule has 1 heterocycles. The van der Waals surface area contributed by atoms with Crippen molar-refractivity contribution in [1.82, 2.24) is 9.80 Å². The average Bonchev–Trinajstić information content (AvgIpc) is 2.40. The van der Waals surface area contributed by atoms with Gasteiger partial charge < -0.3 is 9.80 Å². The maximum atomic E-state index is 14.0. The number of carbonyl (C=O) groups is 1. The van der Waals surface area contributed by atoms with Crippen LogP contribution in [0.15, 0.2) is 16.6 Å². The van der Waals surface area contributed by atoms with E-state index in [1.54, 1.807) is 6.07 Å². The Bertz CT molecular complexity index is 526. The maximum absolute atomic E-state index is 14.0. The molecule has 0 radical (unpaired) electrons. The standard InChI is InChI=1S/C14H17BrClFN2O/c1-18-5-6-19(2)9(8-18)7-12(20)10-3-4-11(15)13(16)14(10)17/h3-4,9H,5-8H2,1-2H3. The topological polar surface area (TPSA) is 23.6 Å². The van der Waals surface area contributed by atoms with E-state index in [4.69, 9.17) is 11.6 Å². The van der Waals surface area contributed by atoms with Gasteiger partial charge in [-0.25, -0.2) is 4.39 Å². The average molecular weight is 364 g/mol. The van der Waals surface area contributed by atoms with Crippen molar-refractivity contribution in [2.75, 3.05) is 33.7 Å². The highest BCUT2D eigenvalue weighted by molar-refractivity contribution is 9.10. The summed E-state index contributed by atoms with van der Waals surface area (Å²) in [6, 6.07) is 3.21. The van der Waals surface area contributed by atoms with Crippen LogP contribution in [0.25, 0.3) is 0 Å². The van der Waals surface area contributed by atoms with E-state index in [1.165, 1.54) is 6.07 Å². The van der Waals surface area contributed by atoms with Crippen LogP contribution in [0.5, 0.6) is 0 Å². The van der Waals surface area contributed by atoms with Crippen LogP contribution in [0, 0.1) is 5.82 Å². The lowest BCUT2D eigenvalue weighted by Gasteiger charge is -2.37. The number of carbonyl (C=O) groups excluding carboxylic acids is 1.